The highest BCUT2D eigenvalue weighted by atomic mass is 14.1. The first-order valence-corrected chi connectivity index (χ1v) is 5.50. The van der Waals surface area contributed by atoms with Crippen molar-refractivity contribution < 1.29 is 0 Å². The maximum absolute atomic E-state index is 3.24. The largest absolute Gasteiger partial charge is 0.103 e. The second-order valence-corrected chi connectivity index (χ2v) is 4.75. The number of hydrogen-bond acceptors (Lipinski definition) is 0. The summed E-state index contributed by atoms with van der Waals surface area (Å²) in [5, 5.41) is 0. The highest BCUT2D eigenvalue weighted by Gasteiger charge is 2.03. The van der Waals surface area contributed by atoms with Crippen molar-refractivity contribution in [2.45, 2.75) is 53.9 Å². The van der Waals surface area contributed by atoms with Crippen LogP contribution in [-0.4, -0.2) is 0 Å². The third-order valence-corrected chi connectivity index (χ3v) is 2.03. The van der Waals surface area contributed by atoms with Gasteiger partial charge in [-0.15, -0.1) is 11.8 Å². The minimum absolute atomic E-state index is 0.528. The van der Waals surface area contributed by atoms with Crippen molar-refractivity contribution in [1.82, 2.24) is 0 Å². The van der Waals surface area contributed by atoms with Crippen LogP contribution in [0.15, 0.2) is 0 Å². The van der Waals surface area contributed by atoms with Gasteiger partial charge in [0.25, 0.3) is 0 Å². The molecule has 0 bridgehead atoms. The summed E-state index contributed by atoms with van der Waals surface area (Å²) in [4.78, 5) is 0. The lowest BCUT2D eigenvalue weighted by Crippen LogP contribution is -1.99. The maximum Gasteiger partial charge on any atom is 0.0146 e. The zero-order chi connectivity index (χ0) is 10.3. The highest BCUT2D eigenvalue weighted by molar-refractivity contribution is 5.01. The van der Waals surface area contributed by atoms with Crippen molar-refractivity contribution in [3.8, 4) is 11.8 Å². The van der Waals surface area contributed by atoms with Crippen LogP contribution in [0.1, 0.15) is 53.9 Å². The molecule has 1 atom stereocenters. The fourth-order valence-corrected chi connectivity index (χ4v) is 1.52. The molecular weight excluding hydrogens is 156 g/mol. The van der Waals surface area contributed by atoms with Crippen molar-refractivity contribution in [3.05, 3.63) is 0 Å². The van der Waals surface area contributed by atoms with Crippen molar-refractivity contribution in [2.75, 3.05) is 0 Å². The molecule has 0 saturated carbocycles. The first-order valence-electron chi connectivity index (χ1n) is 5.50. The molecule has 0 amide bonds. The molecule has 13 heavy (non-hydrogen) atoms. The van der Waals surface area contributed by atoms with Crippen LogP contribution in [0.4, 0.5) is 0 Å². The molecule has 0 radical (unpaired) electrons. The highest BCUT2D eigenvalue weighted by Crippen LogP contribution is 2.15. The van der Waals surface area contributed by atoms with E-state index in [1.807, 2.05) is 0 Å². The van der Waals surface area contributed by atoms with Crippen LogP contribution in [0, 0.1) is 29.6 Å². The van der Waals surface area contributed by atoms with Crippen molar-refractivity contribution in [2.24, 2.45) is 17.8 Å². The molecule has 0 nitrogen and oxygen atoms in total. The van der Waals surface area contributed by atoms with Gasteiger partial charge in [-0.2, -0.15) is 0 Å². The monoisotopic (exact) mass is 180 g/mol. The van der Waals surface area contributed by atoms with E-state index in [0.717, 1.165) is 18.3 Å². The average Bonchev–Trinajstić information content (AvgIpc) is 1.96. The van der Waals surface area contributed by atoms with Crippen molar-refractivity contribution in [1.29, 1.82) is 0 Å². The molecule has 0 rings (SSSR count). The Hall–Kier alpha value is -0.440. The van der Waals surface area contributed by atoms with Gasteiger partial charge in [0, 0.05) is 12.3 Å². The van der Waals surface area contributed by atoms with Gasteiger partial charge in [-0.3, -0.25) is 0 Å². The zero-order valence-corrected chi connectivity index (χ0v) is 9.85. The summed E-state index contributed by atoms with van der Waals surface area (Å²) in [5.74, 6) is 8.63. The second-order valence-electron chi connectivity index (χ2n) is 4.75. The Kier molecular flexibility index (Phi) is 6.77. The fraction of sp³-hybridized carbons (Fsp3) is 0.846. The van der Waals surface area contributed by atoms with Crippen LogP contribution < -0.4 is 0 Å². The molecule has 76 valence electrons. The lowest BCUT2D eigenvalue weighted by atomic mass is 9.95. The van der Waals surface area contributed by atoms with Gasteiger partial charge < -0.3 is 0 Å². The molecule has 0 heterocycles. The van der Waals surface area contributed by atoms with Gasteiger partial charge in [0.15, 0.2) is 0 Å². The average molecular weight is 180 g/mol. The third kappa shape index (κ3) is 9.47. The summed E-state index contributed by atoms with van der Waals surface area (Å²) >= 11 is 0. The van der Waals surface area contributed by atoms with Crippen LogP contribution in [0.2, 0.25) is 0 Å². The fourth-order valence-electron chi connectivity index (χ4n) is 1.52. The van der Waals surface area contributed by atoms with Gasteiger partial charge in [-0.25, -0.2) is 0 Å². The third-order valence-electron chi connectivity index (χ3n) is 2.03. The van der Waals surface area contributed by atoms with Crippen LogP contribution >= 0.6 is 0 Å². The Labute approximate surface area is 84.1 Å². The van der Waals surface area contributed by atoms with Crippen molar-refractivity contribution in [3.63, 3.8) is 0 Å². The smallest absolute Gasteiger partial charge is 0.0146 e. The molecule has 0 aromatic carbocycles. The molecular formula is C13H24. The molecule has 0 spiro atoms. The molecule has 0 heteroatoms. The van der Waals surface area contributed by atoms with E-state index in [1.165, 1.54) is 12.8 Å². The van der Waals surface area contributed by atoms with E-state index in [4.69, 9.17) is 0 Å². The molecule has 0 saturated heterocycles. The van der Waals surface area contributed by atoms with Gasteiger partial charge in [-0.05, 0) is 24.7 Å². The Morgan fingerprint density at radius 2 is 1.62 bits per heavy atom. The normalized spacial score (nSPS) is 12.8. The van der Waals surface area contributed by atoms with Crippen LogP contribution in [0.5, 0.6) is 0 Å². The molecule has 0 aliphatic heterocycles. The van der Waals surface area contributed by atoms with E-state index in [9.17, 15) is 0 Å². The van der Waals surface area contributed by atoms with Gasteiger partial charge in [0.05, 0.1) is 0 Å². The van der Waals surface area contributed by atoms with E-state index in [-0.39, 0.29) is 0 Å². The minimum atomic E-state index is 0.528. The van der Waals surface area contributed by atoms with Crippen LogP contribution in [-0.2, 0) is 0 Å². The molecule has 0 aliphatic rings. The van der Waals surface area contributed by atoms with Gasteiger partial charge in [-0.1, -0.05) is 34.6 Å². The summed E-state index contributed by atoms with van der Waals surface area (Å²) in [6.45, 7) is 11.2. The van der Waals surface area contributed by atoms with E-state index in [1.54, 1.807) is 0 Å². The van der Waals surface area contributed by atoms with E-state index < -0.39 is 0 Å². The van der Waals surface area contributed by atoms with E-state index in [2.05, 4.69) is 46.5 Å². The number of rotatable bonds is 4. The Morgan fingerprint density at radius 3 is 2.08 bits per heavy atom. The molecule has 0 aromatic rings. The Balaban J connectivity index is 3.49. The van der Waals surface area contributed by atoms with Crippen LogP contribution in [0.3, 0.4) is 0 Å². The summed E-state index contributed by atoms with van der Waals surface area (Å²) in [7, 11) is 0. The van der Waals surface area contributed by atoms with Gasteiger partial charge in [0.1, 0.15) is 0 Å². The predicted octanol–water partition coefficient (Wildman–Crippen LogP) is 4.11. The maximum atomic E-state index is 3.24. The lowest BCUT2D eigenvalue weighted by molar-refractivity contribution is 0.419. The van der Waals surface area contributed by atoms with E-state index >= 15 is 0 Å². The molecule has 0 fully saturated rings. The molecule has 0 unspecified atom stereocenters. The predicted molar refractivity (Wildman–Crippen MR) is 60.5 cm³/mol. The summed E-state index contributed by atoms with van der Waals surface area (Å²) in [6.07, 6.45) is 3.67. The second kappa shape index (κ2) is 7.01. The summed E-state index contributed by atoms with van der Waals surface area (Å²) < 4.78 is 0. The minimum Gasteiger partial charge on any atom is -0.103 e. The Bertz CT molecular complexity index is 166. The summed E-state index contributed by atoms with van der Waals surface area (Å²) in [6, 6.07) is 0. The van der Waals surface area contributed by atoms with Crippen LogP contribution in [0.25, 0.3) is 0 Å². The van der Waals surface area contributed by atoms with E-state index in [0.29, 0.717) is 5.92 Å². The SMILES string of the molecule is CC(C)C#CCC[C@H](C)CC(C)C. The quantitative estimate of drug-likeness (QED) is 0.571. The Morgan fingerprint density at radius 1 is 1.00 bits per heavy atom. The first-order chi connectivity index (χ1) is 6.02. The topological polar surface area (TPSA) is 0 Å². The number of hydrogen-bond donors (Lipinski definition) is 0. The molecule has 0 aromatic heterocycles. The standard InChI is InChI=1S/C13H24/c1-11(2)8-6-7-9-13(5)10-12(3)4/h11-13H,7,9-10H2,1-5H3/t13-/m0/s1. The van der Waals surface area contributed by atoms with Gasteiger partial charge in [0.2, 0.25) is 0 Å². The zero-order valence-electron chi connectivity index (χ0n) is 9.85. The molecule has 0 aliphatic carbocycles. The van der Waals surface area contributed by atoms with Gasteiger partial charge >= 0.3 is 0 Å². The lowest BCUT2D eigenvalue weighted by Gasteiger charge is -2.11. The summed E-state index contributed by atoms with van der Waals surface area (Å²) in [5.41, 5.74) is 0. The molecule has 0 N–H and O–H groups in total. The first kappa shape index (κ1) is 12.6. The van der Waals surface area contributed by atoms with Crippen molar-refractivity contribution >= 4 is 0 Å².